The number of sulfone groups is 1. The molecule has 4 aromatic heterocycles. The molecular weight excluding hydrogens is 500 g/mol. The van der Waals surface area contributed by atoms with Crippen molar-refractivity contribution < 1.29 is 8.42 Å². The van der Waals surface area contributed by atoms with E-state index in [4.69, 9.17) is 4.98 Å². The van der Waals surface area contributed by atoms with Gasteiger partial charge in [0.05, 0.1) is 35.5 Å². The van der Waals surface area contributed by atoms with Crippen LogP contribution in [0.4, 0.5) is 5.82 Å². The van der Waals surface area contributed by atoms with Crippen molar-refractivity contribution in [2.75, 3.05) is 43.4 Å². The first-order chi connectivity index (χ1) is 18.2. The lowest BCUT2D eigenvalue weighted by Crippen LogP contribution is -2.48. The molecule has 5 rings (SSSR count). The van der Waals surface area contributed by atoms with E-state index in [1.807, 2.05) is 42.5 Å². The molecule has 0 bridgehead atoms. The van der Waals surface area contributed by atoms with Gasteiger partial charge in [-0.15, -0.1) is 0 Å². The van der Waals surface area contributed by atoms with Crippen LogP contribution in [0.3, 0.4) is 0 Å². The molecule has 11 heteroatoms. The van der Waals surface area contributed by atoms with Crippen LogP contribution in [0.15, 0.2) is 54.2 Å². The number of rotatable bonds is 9. The van der Waals surface area contributed by atoms with Crippen molar-refractivity contribution in [3.05, 3.63) is 54.7 Å². The molecule has 0 unspecified atom stereocenters. The Morgan fingerprint density at radius 2 is 1.79 bits per heavy atom. The van der Waals surface area contributed by atoms with Gasteiger partial charge in [-0.1, -0.05) is 0 Å². The van der Waals surface area contributed by atoms with E-state index in [1.165, 1.54) is 0 Å². The fourth-order valence-electron chi connectivity index (χ4n) is 4.79. The Hall–Kier alpha value is -3.57. The summed E-state index contributed by atoms with van der Waals surface area (Å²) in [7, 11) is -1.12. The zero-order valence-corrected chi connectivity index (χ0v) is 23.0. The summed E-state index contributed by atoms with van der Waals surface area (Å²) >= 11 is 0. The highest BCUT2D eigenvalue weighted by Crippen LogP contribution is 2.32. The molecule has 200 valence electrons. The SMILES string of the molecule is C=NCc1cnn2cc(-c3cnn(C)c3)cc(-c3ccc(N4CCN(CCS(=O)(=O)C(C)C)CC4)nc3)c12. The van der Waals surface area contributed by atoms with Gasteiger partial charge in [0.25, 0.3) is 0 Å². The zero-order chi connectivity index (χ0) is 26.9. The molecule has 1 fully saturated rings. The maximum Gasteiger partial charge on any atom is 0.153 e. The third-order valence-electron chi connectivity index (χ3n) is 7.17. The third-order valence-corrected chi connectivity index (χ3v) is 9.36. The predicted octanol–water partition coefficient (Wildman–Crippen LogP) is 2.94. The highest BCUT2D eigenvalue weighted by atomic mass is 32.2. The van der Waals surface area contributed by atoms with Crippen molar-refractivity contribution in [2.45, 2.75) is 25.6 Å². The van der Waals surface area contributed by atoms with Crippen molar-refractivity contribution in [3.63, 3.8) is 0 Å². The number of aliphatic imine (C=N–C) groups is 1. The molecule has 0 amide bonds. The van der Waals surface area contributed by atoms with E-state index in [2.05, 4.69) is 49.9 Å². The Kier molecular flexibility index (Phi) is 7.31. The second-order valence-electron chi connectivity index (χ2n) is 10.0. The van der Waals surface area contributed by atoms with E-state index >= 15 is 0 Å². The second-order valence-corrected chi connectivity index (χ2v) is 12.7. The molecule has 0 saturated carbocycles. The lowest BCUT2D eigenvalue weighted by Gasteiger charge is -2.35. The largest absolute Gasteiger partial charge is 0.354 e. The quantitative estimate of drug-likeness (QED) is 0.304. The van der Waals surface area contributed by atoms with Crippen molar-refractivity contribution in [2.24, 2.45) is 12.0 Å². The molecule has 0 atom stereocenters. The Morgan fingerprint density at radius 1 is 1.00 bits per heavy atom. The van der Waals surface area contributed by atoms with Crippen molar-refractivity contribution in [1.82, 2.24) is 29.3 Å². The first-order valence-electron chi connectivity index (χ1n) is 12.8. The van der Waals surface area contributed by atoms with Crippen LogP contribution >= 0.6 is 0 Å². The maximum absolute atomic E-state index is 12.2. The molecule has 4 aromatic rings. The molecule has 5 heterocycles. The van der Waals surface area contributed by atoms with Crippen LogP contribution in [0.25, 0.3) is 27.8 Å². The predicted molar refractivity (Wildman–Crippen MR) is 151 cm³/mol. The van der Waals surface area contributed by atoms with Crippen LogP contribution in [0.1, 0.15) is 19.4 Å². The topological polar surface area (TPSA) is 101 Å². The fourth-order valence-corrected chi connectivity index (χ4v) is 5.78. The van der Waals surface area contributed by atoms with Gasteiger partial charge in [0.1, 0.15) is 5.82 Å². The molecule has 0 aromatic carbocycles. The maximum atomic E-state index is 12.2. The monoisotopic (exact) mass is 534 g/mol. The first-order valence-corrected chi connectivity index (χ1v) is 14.5. The van der Waals surface area contributed by atoms with Crippen LogP contribution in [0.2, 0.25) is 0 Å². The van der Waals surface area contributed by atoms with Crippen LogP contribution in [-0.4, -0.2) is 88.1 Å². The summed E-state index contributed by atoms with van der Waals surface area (Å²) in [6, 6.07) is 6.31. The van der Waals surface area contributed by atoms with Gasteiger partial charge in [-0.2, -0.15) is 10.2 Å². The normalized spacial score (nSPS) is 15.0. The molecule has 10 nitrogen and oxygen atoms in total. The summed E-state index contributed by atoms with van der Waals surface area (Å²) in [5.74, 6) is 1.13. The van der Waals surface area contributed by atoms with Crippen molar-refractivity contribution in [1.29, 1.82) is 0 Å². The van der Waals surface area contributed by atoms with Gasteiger partial charge in [0.15, 0.2) is 9.84 Å². The van der Waals surface area contributed by atoms with Crippen molar-refractivity contribution >= 4 is 27.9 Å². The van der Waals surface area contributed by atoms with Gasteiger partial charge in [0.2, 0.25) is 0 Å². The Balaban J connectivity index is 1.36. The van der Waals surface area contributed by atoms with Crippen molar-refractivity contribution in [3.8, 4) is 22.3 Å². The fraction of sp³-hybridized carbons (Fsp3) is 0.407. The lowest BCUT2D eigenvalue weighted by molar-refractivity contribution is 0.271. The number of fused-ring (bicyclic) bond motifs is 1. The summed E-state index contributed by atoms with van der Waals surface area (Å²) in [4.78, 5) is 13.4. The highest BCUT2D eigenvalue weighted by Gasteiger charge is 2.22. The van der Waals surface area contributed by atoms with Crippen LogP contribution in [0.5, 0.6) is 0 Å². The van der Waals surface area contributed by atoms with Crippen LogP contribution in [-0.2, 0) is 23.4 Å². The van der Waals surface area contributed by atoms with Gasteiger partial charge in [-0.3, -0.25) is 14.6 Å². The summed E-state index contributed by atoms with van der Waals surface area (Å²) in [5.41, 5.74) is 6.04. The minimum absolute atomic E-state index is 0.210. The number of aryl methyl sites for hydroxylation is 1. The molecule has 1 saturated heterocycles. The first kappa shape index (κ1) is 26.1. The number of pyridine rings is 2. The minimum atomic E-state index is -3.02. The number of anilines is 1. The number of hydrogen-bond donors (Lipinski definition) is 0. The third kappa shape index (κ3) is 5.34. The molecule has 0 spiro atoms. The average molecular weight is 535 g/mol. The zero-order valence-electron chi connectivity index (χ0n) is 22.2. The smallest absolute Gasteiger partial charge is 0.153 e. The molecule has 0 N–H and O–H groups in total. The van der Waals surface area contributed by atoms with E-state index in [0.717, 1.165) is 65.3 Å². The second kappa shape index (κ2) is 10.7. The Bertz CT molecular complexity index is 1530. The Morgan fingerprint density at radius 3 is 2.42 bits per heavy atom. The summed E-state index contributed by atoms with van der Waals surface area (Å²) in [6.45, 7) is 11.5. The van der Waals surface area contributed by atoms with E-state index in [1.54, 1.807) is 18.5 Å². The molecule has 38 heavy (non-hydrogen) atoms. The van der Waals surface area contributed by atoms with E-state index < -0.39 is 9.84 Å². The van der Waals surface area contributed by atoms with Gasteiger partial charge in [0, 0.05) is 86.2 Å². The summed E-state index contributed by atoms with van der Waals surface area (Å²) in [5, 5.41) is 8.58. The summed E-state index contributed by atoms with van der Waals surface area (Å²) in [6.07, 6.45) is 9.60. The van der Waals surface area contributed by atoms with E-state index in [9.17, 15) is 8.42 Å². The minimum Gasteiger partial charge on any atom is -0.354 e. The van der Waals surface area contributed by atoms with Crippen LogP contribution < -0.4 is 4.90 Å². The highest BCUT2D eigenvalue weighted by molar-refractivity contribution is 7.92. The van der Waals surface area contributed by atoms with Gasteiger partial charge < -0.3 is 4.90 Å². The molecule has 0 radical (unpaired) electrons. The number of nitrogens with zero attached hydrogens (tertiary/aromatic N) is 8. The lowest BCUT2D eigenvalue weighted by atomic mass is 10.0. The average Bonchev–Trinajstić information content (AvgIpc) is 3.54. The van der Waals surface area contributed by atoms with Gasteiger partial charge in [-0.05, 0) is 38.8 Å². The van der Waals surface area contributed by atoms with Crippen LogP contribution in [0, 0.1) is 0 Å². The summed E-state index contributed by atoms with van der Waals surface area (Å²) < 4.78 is 28.0. The Labute approximate surface area is 223 Å². The molecule has 1 aliphatic rings. The molecular formula is C27H34N8O2S. The number of piperazine rings is 1. The number of aromatic nitrogens is 5. The standard InChI is InChI=1S/C27H34N8O2S/c1-20(2)38(36,37)12-11-33-7-9-34(10-8-33)26-6-5-21(15-29-26)25-13-22(24-17-30-32(4)18-24)19-35-27(25)23(14-28-3)16-31-35/h5-6,13,15-20H,3,7-12,14H2,1-2,4H3. The number of hydrogen-bond acceptors (Lipinski definition) is 8. The van der Waals surface area contributed by atoms with Gasteiger partial charge in [-0.25, -0.2) is 17.9 Å². The van der Waals surface area contributed by atoms with E-state index in [-0.39, 0.29) is 11.0 Å². The molecule has 0 aliphatic carbocycles. The molecule has 1 aliphatic heterocycles. The van der Waals surface area contributed by atoms with Gasteiger partial charge >= 0.3 is 0 Å². The van der Waals surface area contributed by atoms with E-state index in [0.29, 0.717) is 13.1 Å².